The van der Waals surface area contributed by atoms with Crippen LogP contribution in [0.2, 0.25) is 0 Å². The summed E-state index contributed by atoms with van der Waals surface area (Å²) in [6.07, 6.45) is 3.65. The lowest BCUT2D eigenvalue weighted by atomic mass is 10.2. The van der Waals surface area contributed by atoms with E-state index in [0.717, 1.165) is 5.82 Å². The molecule has 0 saturated carbocycles. The highest BCUT2D eigenvalue weighted by Gasteiger charge is 2.11. The van der Waals surface area contributed by atoms with Crippen LogP contribution in [0.4, 0.5) is 5.95 Å². The zero-order valence-electron chi connectivity index (χ0n) is 12.6. The Morgan fingerprint density at radius 2 is 2.32 bits per heavy atom. The average molecular weight is 305 g/mol. The van der Waals surface area contributed by atoms with Crippen LogP contribution in [0.25, 0.3) is 0 Å². The molecule has 3 N–H and O–H groups in total. The maximum atomic E-state index is 12.1. The molecule has 0 radical (unpaired) electrons. The molecule has 0 fully saturated rings. The third-order valence-electron chi connectivity index (χ3n) is 3.11. The Bertz CT molecular complexity index is 641. The van der Waals surface area contributed by atoms with Gasteiger partial charge in [-0.1, -0.05) is 0 Å². The topological polar surface area (TPSA) is 121 Å². The van der Waals surface area contributed by atoms with Gasteiger partial charge in [0.1, 0.15) is 12.2 Å². The number of anilines is 1. The summed E-state index contributed by atoms with van der Waals surface area (Å²) in [5, 5.41) is 10.7. The van der Waals surface area contributed by atoms with E-state index in [-0.39, 0.29) is 11.9 Å². The molecular weight excluding hydrogens is 286 g/mol. The summed E-state index contributed by atoms with van der Waals surface area (Å²) in [7, 11) is 1.64. The van der Waals surface area contributed by atoms with Gasteiger partial charge in [-0.15, -0.1) is 10.2 Å². The molecule has 0 spiro atoms. The van der Waals surface area contributed by atoms with E-state index < -0.39 is 0 Å². The zero-order chi connectivity index (χ0) is 15.9. The molecule has 0 saturated heterocycles. The van der Waals surface area contributed by atoms with Crippen LogP contribution in [0.3, 0.4) is 0 Å². The lowest BCUT2D eigenvalue weighted by Gasteiger charge is -2.08. The summed E-state index contributed by atoms with van der Waals surface area (Å²) in [6.45, 7) is 3.42. The number of aromatic nitrogens is 5. The van der Waals surface area contributed by atoms with Crippen molar-refractivity contribution in [3.8, 4) is 0 Å². The molecule has 0 aliphatic carbocycles. The number of aryl methyl sites for hydroxylation is 1. The molecular formula is C13H19N7O2. The number of nitrogens with zero attached hydrogens (tertiary/aromatic N) is 5. The number of methoxy groups -OCH3 is 1. The number of hydrogen-bond acceptors (Lipinski definition) is 7. The number of nitrogens with two attached hydrogens (primary N) is 1. The van der Waals surface area contributed by atoms with Crippen molar-refractivity contribution < 1.29 is 9.53 Å². The van der Waals surface area contributed by atoms with Gasteiger partial charge in [0.25, 0.3) is 5.91 Å². The average Bonchev–Trinajstić information content (AvgIpc) is 2.92. The van der Waals surface area contributed by atoms with Gasteiger partial charge in [-0.05, 0) is 6.92 Å². The predicted molar refractivity (Wildman–Crippen MR) is 79.1 cm³/mol. The molecule has 2 aromatic heterocycles. The predicted octanol–water partition coefficient (Wildman–Crippen LogP) is -0.422. The molecule has 0 aliphatic heterocycles. The number of ether oxygens (including phenoxy) is 1. The van der Waals surface area contributed by atoms with Crippen molar-refractivity contribution in [3.63, 3.8) is 0 Å². The van der Waals surface area contributed by atoms with E-state index in [1.807, 2.05) is 4.57 Å². The number of carbonyl (C=O) groups is 1. The van der Waals surface area contributed by atoms with Crippen LogP contribution in [0.5, 0.6) is 0 Å². The molecule has 1 amide bonds. The third-order valence-corrected chi connectivity index (χ3v) is 3.11. The maximum absolute atomic E-state index is 12.1. The highest BCUT2D eigenvalue weighted by Crippen LogP contribution is 2.04. The summed E-state index contributed by atoms with van der Waals surface area (Å²) in [4.78, 5) is 19.9. The quantitative estimate of drug-likeness (QED) is 0.712. The highest BCUT2D eigenvalue weighted by molar-refractivity contribution is 5.94. The molecule has 22 heavy (non-hydrogen) atoms. The Kier molecular flexibility index (Phi) is 5.37. The molecule has 0 atom stereocenters. The fourth-order valence-corrected chi connectivity index (χ4v) is 1.94. The summed E-state index contributed by atoms with van der Waals surface area (Å²) >= 11 is 0. The minimum absolute atomic E-state index is 0.153. The second-order valence-electron chi connectivity index (χ2n) is 4.67. The molecule has 0 bridgehead atoms. The monoisotopic (exact) mass is 305 g/mol. The number of carbonyl (C=O) groups excluding carboxylic acids is 1. The molecule has 0 unspecified atom stereocenters. The molecule has 0 aromatic carbocycles. The van der Waals surface area contributed by atoms with Gasteiger partial charge in [0.2, 0.25) is 5.95 Å². The Morgan fingerprint density at radius 1 is 1.50 bits per heavy atom. The van der Waals surface area contributed by atoms with Crippen LogP contribution in [-0.2, 0) is 17.7 Å². The highest BCUT2D eigenvalue weighted by atomic mass is 16.5. The second-order valence-corrected chi connectivity index (χ2v) is 4.67. The van der Waals surface area contributed by atoms with Crippen LogP contribution >= 0.6 is 0 Å². The first-order chi connectivity index (χ1) is 10.6. The molecule has 9 heteroatoms. The number of nitrogens with one attached hydrogen (secondary N) is 1. The van der Waals surface area contributed by atoms with Crippen molar-refractivity contribution in [2.24, 2.45) is 0 Å². The number of amides is 1. The van der Waals surface area contributed by atoms with Gasteiger partial charge in [0, 0.05) is 32.8 Å². The lowest BCUT2D eigenvalue weighted by Crippen LogP contribution is -2.27. The van der Waals surface area contributed by atoms with Crippen molar-refractivity contribution in [3.05, 3.63) is 29.6 Å². The van der Waals surface area contributed by atoms with Crippen molar-refractivity contribution >= 4 is 11.9 Å². The van der Waals surface area contributed by atoms with E-state index in [2.05, 4.69) is 25.5 Å². The van der Waals surface area contributed by atoms with Gasteiger partial charge in [0.05, 0.1) is 17.9 Å². The Balaban J connectivity index is 1.88. The first-order valence-electron chi connectivity index (χ1n) is 6.84. The van der Waals surface area contributed by atoms with Gasteiger partial charge in [-0.2, -0.15) is 0 Å². The maximum Gasteiger partial charge on any atom is 0.254 e. The van der Waals surface area contributed by atoms with E-state index >= 15 is 0 Å². The van der Waals surface area contributed by atoms with Crippen LogP contribution in [0.1, 0.15) is 21.9 Å². The Hall–Kier alpha value is -2.55. The first-order valence-corrected chi connectivity index (χ1v) is 6.84. The van der Waals surface area contributed by atoms with Crippen molar-refractivity contribution in [2.45, 2.75) is 19.9 Å². The van der Waals surface area contributed by atoms with Crippen molar-refractivity contribution in [1.29, 1.82) is 0 Å². The van der Waals surface area contributed by atoms with Gasteiger partial charge >= 0.3 is 0 Å². The fourth-order valence-electron chi connectivity index (χ4n) is 1.94. The summed E-state index contributed by atoms with van der Waals surface area (Å²) in [6, 6.07) is 0. The van der Waals surface area contributed by atoms with E-state index in [0.29, 0.717) is 37.4 Å². The second kappa shape index (κ2) is 7.46. The Morgan fingerprint density at radius 3 is 3.05 bits per heavy atom. The number of rotatable bonds is 7. The summed E-state index contributed by atoms with van der Waals surface area (Å²) in [5.41, 5.74) is 6.43. The minimum atomic E-state index is -0.236. The number of nitrogen functional groups attached to an aromatic ring is 1. The zero-order valence-corrected chi connectivity index (χ0v) is 12.6. The normalized spacial score (nSPS) is 10.6. The third kappa shape index (κ3) is 3.98. The largest absolute Gasteiger partial charge is 0.383 e. The van der Waals surface area contributed by atoms with E-state index in [9.17, 15) is 4.79 Å². The molecule has 118 valence electrons. The summed E-state index contributed by atoms with van der Waals surface area (Å²) in [5.74, 6) is 0.711. The lowest BCUT2D eigenvalue weighted by molar-refractivity contribution is 0.0952. The van der Waals surface area contributed by atoms with Gasteiger partial charge in [0.15, 0.2) is 0 Å². The molecule has 2 heterocycles. The van der Waals surface area contributed by atoms with Crippen molar-refractivity contribution in [1.82, 2.24) is 30.0 Å². The number of hydrogen-bond donors (Lipinski definition) is 2. The summed E-state index contributed by atoms with van der Waals surface area (Å²) < 4.78 is 6.92. The van der Waals surface area contributed by atoms with Gasteiger partial charge < -0.3 is 20.4 Å². The van der Waals surface area contributed by atoms with E-state index in [1.165, 1.54) is 6.20 Å². The standard InChI is InChI=1S/C13H19N7O2/c1-9-10(7-16-13(14)18-9)12(21)15-4-3-11-19-17-8-20(11)5-6-22-2/h7-8H,3-6H2,1-2H3,(H,15,21)(H2,14,16,18). The van der Waals surface area contributed by atoms with Gasteiger partial charge in [-0.3, -0.25) is 4.79 Å². The van der Waals surface area contributed by atoms with Crippen LogP contribution in [0.15, 0.2) is 12.5 Å². The molecule has 9 nitrogen and oxygen atoms in total. The van der Waals surface area contributed by atoms with E-state index in [1.54, 1.807) is 20.4 Å². The van der Waals surface area contributed by atoms with Crippen LogP contribution in [0, 0.1) is 6.92 Å². The minimum Gasteiger partial charge on any atom is -0.383 e. The Labute approximate surface area is 127 Å². The molecule has 2 aromatic rings. The van der Waals surface area contributed by atoms with Gasteiger partial charge in [-0.25, -0.2) is 9.97 Å². The van der Waals surface area contributed by atoms with Crippen molar-refractivity contribution in [2.75, 3.05) is 26.0 Å². The molecule has 2 rings (SSSR count). The van der Waals surface area contributed by atoms with Crippen LogP contribution in [-0.4, -0.2) is 50.9 Å². The SMILES string of the molecule is COCCn1cnnc1CCNC(=O)c1cnc(N)nc1C. The fraction of sp³-hybridized carbons (Fsp3) is 0.462. The van der Waals surface area contributed by atoms with E-state index in [4.69, 9.17) is 10.5 Å². The first kappa shape index (κ1) is 15.8. The van der Waals surface area contributed by atoms with Crippen LogP contribution < -0.4 is 11.1 Å². The molecule has 0 aliphatic rings. The smallest absolute Gasteiger partial charge is 0.254 e.